The van der Waals surface area contributed by atoms with Crippen molar-refractivity contribution in [3.63, 3.8) is 0 Å². The Morgan fingerprint density at radius 2 is 1.81 bits per heavy atom. The average Bonchev–Trinajstić information content (AvgIpc) is 3.08. The number of rotatable bonds is 8. The summed E-state index contributed by atoms with van der Waals surface area (Å²) in [5.41, 5.74) is 5.32. The summed E-state index contributed by atoms with van der Waals surface area (Å²) in [5.74, 6) is -4.30. The van der Waals surface area contributed by atoms with E-state index in [9.17, 15) is 9.59 Å². The van der Waals surface area contributed by atoms with Gasteiger partial charge in [0.25, 0.3) is 5.92 Å². The van der Waals surface area contributed by atoms with Crippen molar-refractivity contribution in [2.75, 3.05) is 36.0 Å². The topological polar surface area (TPSA) is 96.2 Å². The molecule has 2 aliphatic heterocycles. The van der Waals surface area contributed by atoms with E-state index in [1.807, 2.05) is 62.3 Å². The Labute approximate surface area is 304 Å². The fourth-order valence-corrected chi connectivity index (χ4v) is 7.25. The van der Waals surface area contributed by atoms with Crippen LogP contribution >= 0.6 is 0 Å². The number of ether oxygens (including phenoxy) is 1. The van der Waals surface area contributed by atoms with Crippen LogP contribution in [0.3, 0.4) is 0 Å². The molecule has 2 fully saturated rings. The number of benzene rings is 1. The molecule has 2 atom stereocenters. The molecule has 0 spiro atoms. The van der Waals surface area contributed by atoms with Crippen LogP contribution in [-0.2, 0) is 24.9 Å². The number of nitrogens with zero attached hydrogens (tertiary/aromatic N) is 7. The number of carbonyl (C=O) groups excluding carboxylic acids is 1. The maximum Gasteiger partial charge on any atom is 0.433 e. The van der Waals surface area contributed by atoms with Gasteiger partial charge in [-0.2, -0.15) is 4.99 Å². The van der Waals surface area contributed by atoms with Gasteiger partial charge in [0, 0.05) is 92.4 Å². The van der Waals surface area contributed by atoms with E-state index in [-0.39, 0.29) is 17.9 Å². The van der Waals surface area contributed by atoms with Crippen LogP contribution in [0.2, 0.25) is 0 Å². The van der Waals surface area contributed by atoms with Crippen molar-refractivity contribution in [3.8, 4) is 0 Å². The highest BCUT2D eigenvalue weighted by Gasteiger charge is 2.44. The number of halogens is 2. The molecule has 0 radical (unpaired) electrons. The first-order valence-corrected chi connectivity index (χ1v) is 18.0. The van der Waals surface area contributed by atoms with Gasteiger partial charge in [-0.25, -0.2) is 13.6 Å². The summed E-state index contributed by atoms with van der Waals surface area (Å²) in [6.45, 7) is 11.8. The molecule has 1 amide bonds. The fourth-order valence-electron chi connectivity index (χ4n) is 7.25. The van der Waals surface area contributed by atoms with Crippen LogP contribution in [0.5, 0.6) is 0 Å². The summed E-state index contributed by atoms with van der Waals surface area (Å²) in [6, 6.07) is 13.8. The van der Waals surface area contributed by atoms with Crippen molar-refractivity contribution < 1.29 is 18.3 Å². The standard InChI is InChI=1S/C40H49F2N7O3/c1-27-9-10-33(21-44-27)47-16-7-8-34(25-47)49(22-29-13-15-43-28(2)18-29)24-30-23-46(6)36-19-32(11-12-35(36)37(30)50)48-17-14-31(40(41,42)26-48)20-45-38(51)52-39(3,4)5/h9-13,15,18-21,23,31,34H,7-8,14,16-17,22,24-26H2,1-6H3/b45-20+/t31?,34-/m0/s1. The number of pyridine rings is 3. The number of anilines is 2. The minimum absolute atomic E-state index is 0.0617. The number of hydrogen-bond acceptors (Lipinski definition) is 8. The highest BCUT2D eigenvalue weighted by atomic mass is 19.3. The minimum atomic E-state index is -3.12. The molecule has 1 unspecified atom stereocenters. The average molecular weight is 714 g/mol. The maximum atomic E-state index is 15.3. The molecule has 3 aromatic heterocycles. The molecule has 6 rings (SSSR count). The molecule has 0 saturated carbocycles. The van der Waals surface area contributed by atoms with Gasteiger partial charge in [-0.1, -0.05) is 0 Å². The molecule has 4 aromatic rings. The van der Waals surface area contributed by atoms with Gasteiger partial charge < -0.3 is 19.1 Å². The van der Waals surface area contributed by atoms with Gasteiger partial charge in [0.05, 0.1) is 29.9 Å². The van der Waals surface area contributed by atoms with E-state index >= 15 is 8.78 Å². The van der Waals surface area contributed by atoms with Crippen molar-refractivity contribution in [3.05, 3.63) is 93.8 Å². The summed E-state index contributed by atoms with van der Waals surface area (Å²) in [6.07, 6.45) is 7.94. The molecule has 1 aromatic carbocycles. The van der Waals surface area contributed by atoms with Crippen LogP contribution < -0.4 is 15.2 Å². The van der Waals surface area contributed by atoms with Crippen molar-refractivity contribution in [2.24, 2.45) is 18.0 Å². The number of amides is 1. The molecular formula is C40H49F2N7O3. The predicted molar refractivity (Wildman–Crippen MR) is 202 cm³/mol. The molecule has 0 N–H and O–H groups in total. The lowest BCUT2D eigenvalue weighted by molar-refractivity contribution is -0.0368. The zero-order valence-corrected chi connectivity index (χ0v) is 31.0. The monoisotopic (exact) mass is 713 g/mol. The molecule has 5 heterocycles. The molecule has 2 aliphatic rings. The quantitative estimate of drug-likeness (QED) is 0.179. The third kappa shape index (κ3) is 8.83. The normalized spacial score (nSPS) is 19.5. The molecule has 52 heavy (non-hydrogen) atoms. The summed E-state index contributed by atoms with van der Waals surface area (Å²) >= 11 is 0. The number of piperidine rings is 2. The van der Waals surface area contributed by atoms with E-state index in [4.69, 9.17) is 4.74 Å². The van der Waals surface area contributed by atoms with Gasteiger partial charge >= 0.3 is 6.09 Å². The van der Waals surface area contributed by atoms with Gasteiger partial charge in [0.2, 0.25) is 0 Å². The lowest BCUT2D eigenvalue weighted by atomic mass is 9.93. The summed E-state index contributed by atoms with van der Waals surface area (Å²) in [5, 5.41) is 0.547. The van der Waals surface area contributed by atoms with Gasteiger partial charge in [-0.05, 0) is 102 Å². The lowest BCUT2D eigenvalue weighted by Gasteiger charge is -2.40. The number of aliphatic imine (C=N–C) groups is 1. The number of alkyl halides is 2. The second-order valence-corrected chi connectivity index (χ2v) is 15.2. The van der Waals surface area contributed by atoms with Crippen LogP contribution in [0.1, 0.15) is 62.5 Å². The van der Waals surface area contributed by atoms with Crippen molar-refractivity contribution in [2.45, 2.75) is 84.5 Å². The SMILES string of the molecule is Cc1ccc(N2CCC[C@H](N(Cc3ccnc(C)c3)Cc3cn(C)c4cc(N5CCC(/C=N/C(=O)OC(C)(C)C)C(F)(F)C5)ccc4c3=O)C2)cn1. The van der Waals surface area contributed by atoms with E-state index in [0.717, 1.165) is 54.8 Å². The van der Waals surface area contributed by atoms with Crippen molar-refractivity contribution in [1.29, 1.82) is 0 Å². The Hall–Kier alpha value is -4.71. The first kappa shape index (κ1) is 37.1. The molecular weight excluding hydrogens is 664 g/mol. The van der Waals surface area contributed by atoms with Gasteiger partial charge in [-0.15, -0.1) is 0 Å². The Morgan fingerprint density at radius 3 is 2.52 bits per heavy atom. The summed E-state index contributed by atoms with van der Waals surface area (Å²) in [4.78, 5) is 45.1. The number of hydrogen-bond donors (Lipinski definition) is 0. The van der Waals surface area contributed by atoms with Crippen LogP contribution in [0.25, 0.3) is 10.9 Å². The predicted octanol–water partition coefficient (Wildman–Crippen LogP) is 7.08. The Bertz CT molecular complexity index is 1990. The fraction of sp³-hybridized carbons (Fsp3) is 0.475. The minimum Gasteiger partial charge on any atom is -0.442 e. The summed E-state index contributed by atoms with van der Waals surface area (Å²) in [7, 11) is 1.90. The Kier molecular flexibility index (Phi) is 10.8. The maximum absolute atomic E-state index is 15.3. The molecule has 10 nitrogen and oxygen atoms in total. The van der Waals surface area contributed by atoms with E-state index in [2.05, 4.69) is 36.9 Å². The first-order chi connectivity index (χ1) is 24.6. The van der Waals surface area contributed by atoms with E-state index < -0.39 is 30.1 Å². The van der Waals surface area contributed by atoms with E-state index in [0.29, 0.717) is 41.8 Å². The first-order valence-electron chi connectivity index (χ1n) is 18.0. The largest absolute Gasteiger partial charge is 0.442 e. The van der Waals surface area contributed by atoms with Gasteiger partial charge in [0.1, 0.15) is 5.60 Å². The third-order valence-electron chi connectivity index (χ3n) is 9.91. The highest BCUT2D eigenvalue weighted by Crippen LogP contribution is 2.35. The van der Waals surface area contributed by atoms with Crippen LogP contribution in [-0.4, -0.2) is 75.5 Å². The van der Waals surface area contributed by atoms with Crippen LogP contribution in [0.15, 0.2) is 70.8 Å². The molecule has 0 bridgehead atoms. The zero-order valence-electron chi connectivity index (χ0n) is 31.0. The Morgan fingerprint density at radius 1 is 1.02 bits per heavy atom. The lowest BCUT2D eigenvalue weighted by Crippen LogP contribution is -2.49. The molecule has 2 saturated heterocycles. The van der Waals surface area contributed by atoms with Crippen LogP contribution in [0.4, 0.5) is 25.0 Å². The van der Waals surface area contributed by atoms with E-state index in [1.165, 1.54) is 0 Å². The number of aryl methyl sites for hydroxylation is 3. The smallest absolute Gasteiger partial charge is 0.433 e. The number of carbonyl (C=O) groups is 1. The number of aromatic nitrogens is 3. The highest BCUT2D eigenvalue weighted by molar-refractivity contribution is 5.84. The summed E-state index contributed by atoms with van der Waals surface area (Å²) < 4.78 is 37.7. The van der Waals surface area contributed by atoms with Gasteiger partial charge in [-0.3, -0.25) is 19.7 Å². The van der Waals surface area contributed by atoms with Gasteiger partial charge in [0.15, 0.2) is 5.43 Å². The van der Waals surface area contributed by atoms with Crippen molar-refractivity contribution in [1.82, 2.24) is 19.4 Å². The second kappa shape index (κ2) is 15.1. The van der Waals surface area contributed by atoms with Crippen LogP contribution in [0, 0.1) is 19.8 Å². The number of fused-ring (bicyclic) bond motifs is 1. The molecule has 276 valence electrons. The zero-order chi connectivity index (χ0) is 37.2. The molecule has 0 aliphatic carbocycles. The van der Waals surface area contributed by atoms with Crippen molar-refractivity contribution >= 4 is 34.6 Å². The molecule has 12 heteroatoms. The Balaban J connectivity index is 1.22. The third-order valence-corrected chi connectivity index (χ3v) is 9.91. The van der Waals surface area contributed by atoms with E-state index in [1.54, 1.807) is 37.8 Å². The second-order valence-electron chi connectivity index (χ2n) is 15.2.